The van der Waals surface area contributed by atoms with Crippen molar-refractivity contribution in [3.05, 3.63) is 18.0 Å². The SMILES string of the molecule is CCc1cnc(NCC(C)=O)nc1. The highest BCUT2D eigenvalue weighted by Crippen LogP contribution is 1.99. The van der Waals surface area contributed by atoms with Crippen molar-refractivity contribution in [2.45, 2.75) is 20.3 Å². The minimum atomic E-state index is 0.0724. The van der Waals surface area contributed by atoms with Crippen LogP contribution in [0.4, 0.5) is 5.95 Å². The van der Waals surface area contributed by atoms with Gasteiger partial charge in [-0.1, -0.05) is 6.92 Å². The molecule has 13 heavy (non-hydrogen) atoms. The van der Waals surface area contributed by atoms with Gasteiger partial charge in [0.2, 0.25) is 5.95 Å². The van der Waals surface area contributed by atoms with Crippen molar-refractivity contribution in [2.24, 2.45) is 0 Å². The summed E-state index contributed by atoms with van der Waals surface area (Å²) < 4.78 is 0. The summed E-state index contributed by atoms with van der Waals surface area (Å²) in [5.41, 5.74) is 1.09. The third kappa shape index (κ3) is 3.19. The highest BCUT2D eigenvalue weighted by molar-refractivity contribution is 5.79. The summed E-state index contributed by atoms with van der Waals surface area (Å²) in [6.45, 7) is 3.85. The smallest absolute Gasteiger partial charge is 0.222 e. The zero-order valence-corrected chi connectivity index (χ0v) is 7.87. The van der Waals surface area contributed by atoms with Crippen LogP contribution in [0.3, 0.4) is 0 Å². The van der Waals surface area contributed by atoms with Gasteiger partial charge in [0, 0.05) is 12.4 Å². The molecule has 1 heterocycles. The molecule has 0 radical (unpaired) electrons. The monoisotopic (exact) mass is 179 g/mol. The van der Waals surface area contributed by atoms with Crippen molar-refractivity contribution in [1.82, 2.24) is 9.97 Å². The van der Waals surface area contributed by atoms with Gasteiger partial charge in [-0.2, -0.15) is 0 Å². The molecule has 4 nitrogen and oxygen atoms in total. The number of hydrogen-bond acceptors (Lipinski definition) is 4. The van der Waals surface area contributed by atoms with Crippen LogP contribution in [-0.4, -0.2) is 22.3 Å². The molecule has 0 unspecified atom stereocenters. The molecule has 70 valence electrons. The summed E-state index contributed by atoms with van der Waals surface area (Å²) in [4.78, 5) is 18.7. The highest BCUT2D eigenvalue weighted by atomic mass is 16.1. The Kier molecular flexibility index (Phi) is 3.37. The molecule has 0 bridgehead atoms. The molecule has 0 aliphatic rings. The Bertz CT molecular complexity index is 281. The Labute approximate surface area is 77.4 Å². The minimum absolute atomic E-state index is 0.0724. The molecule has 4 heteroatoms. The molecule has 0 aromatic carbocycles. The van der Waals surface area contributed by atoms with Gasteiger partial charge in [0.05, 0.1) is 6.54 Å². The fourth-order valence-corrected chi connectivity index (χ4v) is 0.832. The summed E-state index contributed by atoms with van der Waals surface area (Å²) in [6, 6.07) is 0. The van der Waals surface area contributed by atoms with E-state index in [0.29, 0.717) is 5.95 Å². The normalized spacial score (nSPS) is 9.69. The summed E-state index contributed by atoms with van der Waals surface area (Å²) >= 11 is 0. The second kappa shape index (κ2) is 4.54. The zero-order valence-electron chi connectivity index (χ0n) is 7.87. The predicted octanol–water partition coefficient (Wildman–Crippen LogP) is 1.04. The number of carbonyl (C=O) groups excluding carboxylic acids is 1. The van der Waals surface area contributed by atoms with Gasteiger partial charge in [0.15, 0.2) is 0 Å². The largest absolute Gasteiger partial charge is 0.347 e. The van der Waals surface area contributed by atoms with Crippen molar-refractivity contribution in [1.29, 1.82) is 0 Å². The molecule has 1 rings (SSSR count). The van der Waals surface area contributed by atoms with Crippen molar-refractivity contribution in [3.63, 3.8) is 0 Å². The van der Waals surface area contributed by atoms with Crippen LogP contribution in [0, 0.1) is 0 Å². The van der Waals surface area contributed by atoms with Crippen LogP contribution in [0.2, 0.25) is 0 Å². The number of aromatic nitrogens is 2. The number of carbonyl (C=O) groups is 1. The summed E-state index contributed by atoms with van der Waals surface area (Å²) in [6.07, 6.45) is 4.44. The Morgan fingerprint density at radius 3 is 2.54 bits per heavy atom. The third-order valence-electron chi connectivity index (χ3n) is 1.61. The van der Waals surface area contributed by atoms with Gasteiger partial charge in [0.25, 0.3) is 0 Å². The van der Waals surface area contributed by atoms with E-state index in [-0.39, 0.29) is 12.3 Å². The lowest BCUT2D eigenvalue weighted by atomic mass is 10.3. The van der Waals surface area contributed by atoms with E-state index in [9.17, 15) is 4.79 Å². The number of nitrogens with zero attached hydrogens (tertiary/aromatic N) is 2. The number of nitrogens with one attached hydrogen (secondary N) is 1. The fourth-order valence-electron chi connectivity index (χ4n) is 0.832. The minimum Gasteiger partial charge on any atom is -0.347 e. The van der Waals surface area contributed by atoms with Gasteiger partial charge in [-0.15, -0.1) is 0 Å². The first kappa shape index (κ1) is 9.64. The zero-order chi connectivity index (χ0) is 9.68. The van der Waals surface area contributed by atoms with Crippen LogP contribution < -0.4 is 5.32 Å². The van der Waals surface area contributed by atoms with Crippen LogP contribution in [0.5, 0.6) is 0 Å². The average molecular weight is 179 g/mol. The third-order valence-corrected chi connectivity index (χ3v) is 1.61. The molecule has 0 atom stereocenters. The summed E-state index contributed by atoms with van der Waals surface area (Å²) in [5.74, 6) is 0.579. The van der Waals surface area contributed by atoms with E-state index in [4.69, 9.17) is 0 Å². The van der Waals surface area contributed by atoms with Gasteiger partial charge < -0.3 is 5.32 Å². The van der Waals surface area contributed by atoms with E-state index in [1.807, 2.05) is 6.92 Å². The number of rotatable bonds is 4. The summed E-state index contributed by atoms with van der Waals surface area (Å²) in [5, 5.41) is 2.82. The Morgan fingerprint density at radius 1 is 1.46 bits per heavy atom. The molecule has 0 fully saturated rings. The molecule has 1 N–H and O–H groups in total. The van der Waals surface area contributed by atoms with Crippen LogP contribution in [-0.2, 0) is 11.2 Å². The summed E-state index contributed by atoms with van der Waals surface area (Å²) in [7, 11) is 0. The van der Waals surface area contributed by atoms with Gasteiger partial charge >= 0.3 is 0 Å². The van der Waals surface area contributed by atoms with Crippen molar-refractivity contribution < 1.29 is 4.79 Å². The number of hydrogen-bond donors (Lipinski definition) is 1. The second-order valence-electron chi connectivity index (χ2n) is 2.82. The Balaban J connectivity index is 2.54. The first-order valence-electron chi connectivity index (χ1n) is 4.26. The standard InChI is InChI=1S/C9H13N3O/c1-3-8-5-11-9(12-6-8)10-4-7(2)13/h5-6H,3-4H2,1-2H3,(H,10,11,12). The molecule has 0 spiro atoms. The maximum atomic E-state index is 10.6. The van der Waals surface area contributed by atoms with E-state index < -0.39 is 0 Å². The maximum absolute atomic E-state index is 10.6. The first-order chi connectivity index (χ1) is 6.22. The molecule has 0 saturated carbocycles. The van der Waals surface area contributed by atoms with E-state index in [0.717, 1.165) is 12.0 Å². The Hall–Kier alpha value is -1.45. The van der Waals surface area contributed by atoms with Gasteiger partial charge in [-0.3, -0.25) is 4.79 Å². The number of ketones is 1. The van der Waals surface area contributed by atoms with E-state index >= 15 is 0 Å². The van der Waals surface area contributed by atoms with Gasteiger partial charge in [-0.05, 0) is 18.9 Å². The van der Waals surface area contributed by atoms with E-state index in [2.05, 4.69) is 15.3 Å². The molecule has 0 aliphatic heterocycles. The lowest BCUT2D eigenvalue weighted by molar-refractivity contribution is -0.115. The molecule has 0 saturated heterocycles. The second-order valence-corrected chi connectivity index (χ2v) is 2.82. The fraction of sp³-hybridized carbons (Fsp3) is 0.444. The van der Waals surface area contributed by atoms with Gasteiger partial charge in [0.1, 0.15) is 5.78 Å². The topological polar surface area (TPSA) is 54.9 Å². The van der Waals surface area contributed by atoms with E-state index in [1.165, 1.54) is 6.92 Å². The maximum Gasteiger partial charge on any atom is 0.222 e. The van der Waals surface area contributed by atoms with Gasteiger partial charge in [-0.25, -0.2) is 9.97 Å². The van der Waals surface area contributed by atoms with E-state index in [1.54, 1.807) is 12.4 Å². The van der Waals surface area contributed by atoms with Crippen LogP contribution in [0.1, 0.15) is 19.4 Å². The molecular formula is C9H13N3O. The molecule has 0 amide bonds. The molecule has 1 aromatic heterocycles. The predicted molar refractivity (Wildman–Crippen MR) is 50.6 cm³/mol. The van der Waals surface area contributed by atoms with Crippen molar-refractivity contribution in [3.8, 4) is 0 Å². The first-order valence-corrected chi connectivity index (χ1v) is 4.26. The Morgan fingerprint density at radius 2 is 2.08 bits per heavy atom. The molecular weight excluding hydrogens is 166 g/mol. The van der Waals surface area contributed by atoms with Crippen molar-refractivity contribution in [2.75, 3.05) is 11.9 Å². The quantitative estimate of drug-likeness (QED) is 0.750. The lowest BCUT2D eigenvalue weighted by Gasteiger charge is -2.01. The number of Topliss-reactive ketones (excluding diaryl/α,β-unsaturated/α-hetero) is 1. The lowest BCUT2D eigenvalue weighted by Crippen LogP contribution is -2.12. The van der Waals surface area contributed by atoms with Crippen LogP contribution in [0.25, 0.3) is 0 Å². The number of anilines is 1. The average Bonchev–Trinajstić information content (AvgIpc) is 2.15. The van der Waals surface area contributed by atoms with Crippen molar-refractivity contribution >= 4 is 11.7 Å². The highest BCUT2D eigenvalue weighted by Gasteiger charge is 1.96. The van der Waals surface area contributed by atoms with Crippen LogP contribution >= 0.6 is 0 Å². The number of aryl methyl sites for hydroxylation is 1. The molecule has 0 aliphatic carbocycles. The van der Waals surface area contributed by atoms with Crippen LogP contribution in [0.15, 0.2) is 12.4 Å². The molecule has 1 aromatic rings.